The topological polar surface area (TPSA) is 65.1 Å². The van der Waals surface area contributed by atoms with Crippen LogP contribution in [0.4, 0.5) is 4.39 Å². The molecular weight excluding hydrogens is 251 g/mol. The van der Waals surface area contributed by atoms with E-state index in [0.29, 0.717) is 24.9 Å². The second kappa shape index (κ2) is 5.60. The Labute approximate surface area is 108 Å². The maximum Gasteiger partial charge on any atom is 0.437 e. The largest absolute Gasteiger partial charge is 0.437 e. The van der Waals surface area contributed by atoms with Crippen LogP contribution in [0.3, 0.4) is 0 Å². The van der Waals surface area contributed by atoms with Gasteiger partial charge in [0.2, 0.25) is 5.89 Å². The van der Waals surface area contributed by atoms with Crippen molar-refractivity contribution in [2.75, 3.05) is 0 Å². The minimum Gasteiger partial charge on any atom is -0.388 e. The van der Waals surface area contributed by atoms with Crippen molar-refractivity contribution in [2.45, 2.75) is 26.3 Å². The molecule has 0 atom stereocenters. The summed E-state index contributed by atoms with van der Waals surface area (Å²) in [5, 5.41) is 4.01. The van der Waals surface area contributed by atoms with Gasteiger partial charge in [-0.2, -0.15) is 4.68 Å². The van der Waals surface area contributed by atoms with Crippen molar-refractivity contribution in [2.24, 2.45) is 0 Å². The number of carbonyl (C=O) groups is 1. The first kappa shape index (κ1) is 13.2. The van der Waals surface area contributed by atoms with Crippen molar-refractivity contribution < 1.29 is 13.6 Å². The first-order valence-electron chi connectivity index (χ1n) is 5.89. The van der Waals surface area contributed by atoms with Crippen LogP contribution < -0.4 is 5.76 Å². The van der Waals surface area contributed by atoms with Crippen LogP contribution in [0.15, 0.2) is 33.5 Å². The average Bonchev–Trinajstić information content (AvgIpc) is 2.71. The molecule has 6 heteroatoms. The molecule has 0 radical (unpaired) electrons. The number of hydrogen-bond acceptors (Lipinski definition) is 4. The number of aryl methyl sites for hydroxylation is 1. The highest BCUT2D eigenvalue weighted by Crippen LogP contribution is 2.15. The molecule has 0 bridgehead atoms. The van der Waals surface area contributed by atoms with E-state index in [4.69, 9.17) is 4.42 Å². The van der Waals surface area contributed by atoms with Gasteiger partial charge in [-0.05, 0) is 37.6 Å². The minimum absolute atomic E-state index is 0.0651. The van der Waals surface area contributed by atoms with E-state index in [-0.39, 0.29) is 17.5 Å². The third-order valence-corrected chi connectivity index (χ3v) is 2.60. The molecule has 0 N–H and O–H groups in total. The molecule has 0 aliphatic rings. The summed E-state index contributed by atoms with van der Waals surface area (Å²) in [5.41, 5.74) is 0.531. The van der Waals surface area contributed by atoms with Crippen molar-refractivity contribution in [1.29, 1.82) is 0 Å². The monoisotopic (exact) mass is 264 g/mol. The number of benzene rings is 1. The normalized spacial score (nSPS) is 10.6. The molecule has 1 heterocycles. The number of nitrogens with zero attached hydrogens (tertiary/aromatic N) is 2. The van der Waals surface area contributed by atoms with Crippen LogP contribution in [-0.2, 0) is 11.3 Å². The van der Waals surface area contributed by atoms with Crippen LogP contribution in [0.2, 0.25) is 0 Å². The first-order valence-corrected chi connectivity index (χ1v) is 5.89. The number of carbonyl (C=O) groups excluding carboxylic acids is 1. The molecule has 0 unspecified atom stereocenters. The molecule has 5 nitrogen and oxygen atoms in total. The summed E-state index contributed by atoms with van der Waals surface area (Å²) in [4.78, 5) is 22.3. The predicted octanol–water partition coefficient (Wildman–Crippen LogP) is 2.01. The van der Waals surface area contributed by atoms with Gasteiger partial charge in [-0.3, -0.25) is 0 Å². The second-order valence-electron chi connectivity index (χ2n) is 4.21. The molecule has 0 spiro atoms. The van der Waals surface area contributed by atoms with Crippen LogP contribution in [0, 0.1) is 5.82 Å². The van der Waals surface area contributed by atoms with Crippen LogP contribution in [0.1, 0.15) is 19.8 Å². The van der Waals surface area contributed by atoms with Gasteiger partial charge in [0.25, 0.3) is 0 Å². The van der Waals surface area contributed by atoms with E-state index >= 15 is 0 Å². The van der Waals surface area contributed by atoms with E-state index < -0.39 is 5.76 Å². The fourth-order valence-corrected chi connectivity index (χ4v) is 1.63. The van der Waals surface area contributed by atoms with Crippen LogP contribution in [0.25, 0.3) is 11.5 Å². The highest BCUT2D eigenvalue weighted by Gasteiger charge is 2.10. The lowest BCUT2D eigenvalue weighted by atomic mass is 10.2. The zero-order valence-corrected chi connectivity index (χ0v) is 10.4. The summed E-state index contributed by atoms with van der Waals surface area (Å²) in [7, 11) is 0. The van der Waals surface area contributed by atoms with Gasteiger partial charge in [-0.1, -0.05) is 0 Å². The molecule has 2 rings (SSSR count). The Hall–Kier alpha value is -2.24. The Bertz CT molecular complexity index is 628. The standard InChI is InChI=1S/C13H13FN2O3/c1-9(17)3-2-8-16-13(18)19-12(15-16)10-4-6-11(14)7-5-10/h4-7H,2-3,8H2,1H3. The van der Waals surface area contributed by atoms with Gasteiger partial charge >= 0.3 is 5.76 Å². The number of ketones is 1. The van der Waals surface area contributed by atoms with Crippen molar-refractivity contribution in [1.82, 2.24) is 9.78 Å². The van der Waals surface area contributed by atoms with Gasteiger partial charge in [0, 0.05) is 18.5 Å². The second-order valence-corrected chi connectivity index (χ2v) is 4.21. The molecule has 0 saturated carbocycles. The molecule has 0 aliphatic heterocycles. The molecule has 19 heavy (non-hydrogen) atoms. The minimum atomic E-state index is -0.581. The Morgan fingerprint density at radius 2 is 2.05 bits per heavy atom. The lowest BCUT2D eigenvalue weighted by Crippen LogP contribution is -2.16. The number of Topliss-reactive ketones (excluding diaryl/α,β-unsaturated/α-hetero) is 1. The summed E-state index contributed by atoms with van der Waals surface area (Å²) in [6, 6.07) is 5.51. The smallest absolute Gasteiger partial charge is 0.388 e. The molecule has 0 aliphatic carbocycles. The lowest BCUT2D eigenvalue weighted by molar-refractivity contribution is -0.117. The fraction of sp³-hybridized carbons (Fsp3) is 0.308. The summed E-state index contributed by atoms with van der Waals surface area (Å²) < 4.78 is 18.9. The molecule has 1 aromatic heterocycles. The number of aromatic nitrogens is 2. The van der Waals surface area contributed by atoms with E-state index in [9.17, 15) is 14.0 Å². The van der Waals surface area contributed by atoms with Crippen LogP contribution in [-0.4, -0.2) is 15.6 Å². The van der Waals surface area contributed by atoms with E-state index in [1.54, 1.807) is 0 Å². The summed E-state index contributed by atoms with van der Waals surface area (Å²) >= 11 is 0. The highest BCUT2D eigenvalue weighted by molar-refractivity contribution is 5.75. The maximum atomic E-state index is 12.8. The number of rotatable bonds is 5. The fourth-order valence-electron chi connectivity index (χ4n) is 1.63. The van der Waals surface area contributed by atoms with E-state index in [1.165, 1.54) is 35.9 Å². The predicted molar refractivity (Wildman–Crippen MR) is 66.1 cm³/mol. The van der Waals surface area contributed by atoms with E-state index in [1.807, 2.05) is 0 Å². The Balaban J connectivity index is 2.14. The zero-order chi connectivity index (χ0) is 13.8. The van der Waals surface area contributed by atoms with Gasteiger partial charge in [-0.15, -0.1) is 5.10 Å². The van der Waals surface area contributed by atoms with Crippen molar-refractivity contribution in [3.05, 3.63) is 40.6 Å². The summed E-state index contributed by atoms with van der Waals surface area (Å²) in [6.45, 7) is 1.82. The van der Waals surface area contributed by atoms with Gasteiger partial charge in [-0.25, -0.2) is 9.18 Å². The summed E-state index contributed by atoms with van der Waals surface area (Å²) in [5.74, 6) is -0.738. The molecule has 2 aromatic rings. The zero-order valence-electron chi connectivity index (χ0n) is 10.4. The Morgan fingerprint density at radius 3 is 2.68 bits per heavy atom. The quantitative estimate of drug-likeness (QED) is 0.828. The number of hydrogen-bond donors (Lipinski definition) is 0. The van der Waals surface area contributed by atoms with Crippen LogP contribution >= 0.6 is 0 Å². The average molecular weight is 264 g/mol. The lowest BCUT2D eigenvalue weighted by Gasteiger charge is -1.96. The Kier molecular flexibility index (Phi) is 3.89. The molecule has 100 valence electrons. The van der Waals surface area contributed by atoms with Gasteiger partial charge in [0.15, 0.2) is 0 Å². The highest BCUT2D eigenvalue weighted by atomic mass is 19.1. The number of halogens is 1. The van der Waals surface area contributed by atoms with Crippen molar-refractivity contribution >= 4 is 5.78 Å². The molecule has 1 aromatic carbocycles. The van der Waals surface area contributed by atoms with E-state index in [0.717, 1.165) is 0 Å². The van der Waals surface area contributed by atoms with Crippen LogP contribution in [0.5, 0.6) is 0 Å². The van der Waals surface area contributed by atoms with Gasteiger partial charge in [0.1, 0.15) is 11.6 Å². The first-order chi connectivity index (χ1) is 9.06. The molecule has 0 fully saturated rings. The maximum absolute atomic E-state index is 12.8. The van der Waals surface area contributed by atoms with E-state index in [2.05, 4.69) is 5.10 Å². The van der Waals surface area contributed by atoms with Crippen molar-refractivity contribution in [3.8, 4) is 11.5 Å². The van der Waals surface area contributed by atoms with Gasteiger partial charge in [0.05, 0.1) is 0 Å². The molecule has 0 amide bonds. The third-order valence-electron chi connectivity index (χ3n) is 2.60. The van der Waals surface area contributed by atoms with Crippen molar-refractivity contribution in [3.63, 3.8) is 0 Å². The SMILES string of the molecule is CC(=O)CCCn1nc(-c2ccc(F)cc2)oc1=O. The third kappa shape index (κ3) is 3.37. The summed E-state index contributed by atoms with van der Waals surface area (Å²) in [6.07, 6.45) is 0.926. The van der Waals surface area contributed by atoms with Gasteiger partial charge < -0.3 is 9.21 Å². The molecule has 0 saturated heterocycles. The Morgan fingerprint density at radius 1 is 1.37 bits per heavy atom. The molecular formula is C13H13FN2O3.